The van der Waals surface area contributed by atoms with Gasteiger partial charge in [0.1, 0.15) is 11.9 Å². The molecule has 1 aromatic carbocycles. The fourth-order valence-corrected chi connectivity index (χ4v) is 2.35. The van der Waals surface area contributed by atoms with Crippen LogP contribution in [0.1, 0.15) is 12.0 Å². The summed E-state index contributed by atoms with van der Waals surface area (Å²) in [6, 6.07) is 5.00. The Balaban J connectivity index is 2.92. The van der Waals surface area contributed by atoms with Crippen molar-refractivity contribution in [3.05, 3.63) is 29.6 Å². The van der Waals surface area contributed by atoms with Crippen molar-refractivity contribution in [3.63, 3.8) is 0 Å². The van der Waals surface area contributed by atoms with Crippen LogP contribution in [0, 0.1) is 17.1 Å². The predicted molar refractivity (Wildman–Crippen MR) is 62.2 cm³/mol. The second-order valence-electron chi connectivity index (χ2n) is 3.36. The van der Waals surface area contributed by atoms with Gasteiger partial charge in [-0.05, 0) is 31.2 Å². The summed E-state index contributed by atoms with van der Waals surface area (Å²) in [5, 5.41) is 8.74. The fourth-order valence-electron chi connectivity index (χ4n) is 1.19. The Hall–Kier alpha value is -1.65. The Bertz CT molecular complexity index is 537. The standard InChI is InChI=1S/C10H12FN3O2S/c11-9-2-3-10(8(6-9)7-13)14-17(15,16)5-1-4-12/h2-3,6,14H,1,4-5,12H2. The van der Waals surface area contributed by atoms with E-state index < -0.39 is 15.8 Å². The third-order valence-corrected chi connectivity index (χ3v) is 3.34. The minimum Gasteiger partial charge on any atom is -0.330 e. The van der Waals surface area contributed by atoms with Gasteiger partial charge in [-0.2, -0.15) is 5.26 Å². The summed E-state index contributed by atoms with van der Waals surface area (Å²) in [7, 11) is -3.55. The summed E-state index contributed by atoms with van der Waals surface area (Å²) in [6.45, 7) is 0.259. The van der Waals surface area contributed by atoms with Gasteiger partial charge in [-0.1, -0.05) is 0 Å². The summed E-state index contributed by atoms with van der Waals surface area (Å²) in [6.07, 6.45) is 0.318. The predicted octanol–water partition coefficient (Wildman–Crippen LogP) is 0.788. The molecule has 0 radical (unpaired) electrons. The first-order valence-corrected chi connectivity index (χ1v) is 6.54. The smallest absolute Gasteiger partial charge is 0.232 e. The molecular formula is C10H12FN3O2S. The summed E-state index contributed by atoms with van der Waals surface area (Å²) in [5.74, 6) is -0.724. The average molecular weight is 257 g/mol. The van der Waals surface area contributed by atoms with E-state index in [1.807, 2.05) is 0 Å². The van der Waals surface area contributed by atoms with Crippen molar-refractivity contribution < 1.29 is 12.8 Å². The van der Waals surface area contributed by atoms with Crippen LogP contribution in [0.3, 0.4) is 0 Å². The lowest BCUT2D eigenvalue weighted by Crippen LogP contribution is -2.19. The van der Waals surface area contributed by atoms with Crippen molar-refractivity contribution in [2.24, 2.45) is 5.73 Å². The van der Waals surface area contributed by atoms with E-state index in [1.165, 1.54) is 6.07 Å². The van der Waals surface area contributed by atoms with E-state index in [4.69, 9.17) is 11.0 Å². The molecule has 92 valence electrons. The van der Waals surface area contributed by atoms with E-state index in [0.29, 0.717) is 6.42 Å². The van der Waals surface area contributed by atoms with Gasteiger partial charge < -0.3 is 5.73 Å². The van der Waals surface area contributed by atoms with E-state index >= 15 is 0 Å². The van der Waals surface area contributed by atoms with Gasteiger partial charge in [-0.15, -0.1) is 0 Å². The zero-order valence-electron chi connectivity index (χ0n) is 8.98. The second kappa shape index (κ2) is 5.61. The zero-order valence-corrected chi connectivity index (χ0v) is 9.80. The van der Waals surface area contributed by atoms with Crippen LogP contribution < -0.4 is 10.5 Å². The van der Waals surface area contributed by atoms with Gasteiger partial charge >= 0.3 is 0 Å². The molecule has 7 heteroatoms. The van der Waals surface area contributed by atoms with Crippen LogP contribution in [-0.2, 0) is 10.0 Å². The summed E-state index contributed by atoms with van der Waals surface area (Å²) in [5.41, 5.74) is 5.23. The maximum Gasteiger partial charge on any atom is 0.232 e. The lowest BCUT2D eigenvalue weighted by atomic mass is 10.2. The zero-order chi connectivity index (χ0) is 12.9. The summed E-state index contributed by atoms with van der Waals surface area (Å²) >= 11 is 0. The number of nitriles is 1. The molecule has 0 amide bonds. The van der Waals surface area contributed by atoms with Crippen LogP contribution in [0.5, 0.6) is 0 Å². The SMILES string of the molecule is N#Cc1cc(F)ccc1NS(=O)(=O)CCCN. The van der Waals surface area contributed by atoms with Crippen LogP contribution in [0.4, 0.5) is 10.1 Å². The highest BCUT2D eigenvalue weighted by Gasteiger charge is 2.12. The first-order valence-electron chi connectivity index (χ1n) is 4.89. The lowest BCUT2D eigenvalue weighted by Gasteiger charge is -2.08. The largest absolute Gasteiger partial charge is 0.330 e. The first kappa shape index (κ1) is 13.4. The van der Waals surface area contributed by atoms with Crippen LogP contribution in [0.2, 0.25) is 0 Å². The van der Waals surface area contributed by atoms with Gasteiger partial charge in [0.25, 0.3) is 0 Å². The molecule has 17 heavy (non-hydrogen) atoms. The van der Waals surface area contributed by atoms with Gasteiger partial charge in [-0.25, -0.2) is 12.8 Å². The Kier molecular flexibility index (Phi) is 4.43. The van der Waals surface area contributed by atoms with Gasteiger partial charge in [0.05, 0.1) is 17.0 Å². The number of rotatable bonds is 5. The molecule has 0 aliphatic carbocycles. The maximum absolute atomic E-state index is 12.8. The van der Waals surface area contributed by atoms with Gasteiger partial charge in [0, 0.05) is 0 Å². The molecule has 1 rings (SSSR count). The van der Waals surface area contributed by atoms with Crippen molar-refractivity contribution in [3.8, 4) is 6.07 Å². The van der Waals surface area contributed by atoms with Gasteiger partial charge in [-0.3, -0.25) is 4.72 Å². The number of benzene rings is 1. The lowest BCUT2D eigenvalue weighted by molar-refractivity contribution is 0.598. The molecule has 0 aliphatic heterocycles. The van der Waals surface area contributed by atoms with Crippen molar-refractivity contribution in [1.29, 1.82) is 5.26 Å². The molecule has 0 spiro atoms. The molecule has 0 fully saturated rings. The number of nitrogens with zero attached hydrogens (tertiary/aromatic N) is 1. The van der Waals surface area contributed by atoms with Gasteiger partial charge in [0.2, 0.25) is 10.0 Å². The first-order chi connectivity index (χ1) is 7.98. The number of hydrogen-bond donors (Lipinski definition) is 2. The molecule has 0 aromatic heterocycles. The average Bonchev–Trinajstić information content (AvgIpc) is 2.28. The van der Waals surface area contributed by atoms with E-state index in [-0.39, 0.29) is 23.5 Å². The van der Waals surface area contributed by atoms with E-state index in [9.17, 15) is 12.8 Å². The quantitative estimate of drug-likeness (QED) is 0.815. The number of nitrogens with one attached hydrogen (secondary N) is 1. The van der Waals surface area contributed by atoms with E-state index in [2.05, 4.69) is 4.72 Å². The minimum atomic E-state index is -3.55. The van der Waals surface area contributed by atoms with Crippen LogP contribution in [0.25, 0.3) is 0 Å². The molecule has 0 heterocycles. The molecule has 5 nitrogen and oxygen atoms in total. The molecular weight excluding hydrogens is 245 g/mol. The third-order valence-electron chi connectivity index (χ3n) is 1.98. The molecule has 0 unspecified atom stereocenters. The molecule has 0 bridgehead atoms. The molecule has 0 aliphatic rings. The second-order valence-corrected chi connectivity index (χ2v) is 5.21. The van der Waals surface area contributed by atoms with Crippen molar-refractivity contribution >= 4 is 15.7 Å². The van der Waals surface area contributed by atoms with Crippen LogP contribution in [0.15, 0.2) is 18.2 Å². The van der Waals surface area contributed by atoms with Crippen LogP contribution in [-0.4, -0.2) is 20.7 Å². The highest BCUT2D eigenvalue weighted by Crippen LogP contribution is 2.17. The maximum atomic E-state index is 12.8. The molecule has 0 saturated heterocycles. The van der Waals surface area contributed by atoms with Crippen molar-refractivity contribution in [2.75, 3.05) is 17.0 Å². The Labute approximate surface area is 99.1 Å². The van der Waals surface area contributed by atoms with Crippen LogP contribution >= 0.6 is 0 Å². The van der Waals surface area contributed by atoms with Gasteiger partial charge in [0.15, 0.2) is 0 Å². The minimum absolute atomic E-state index is 0.0543. The topological polar surface area (TPSA) is 96.0 Å². The van der Waals surface area contributed by atoms with Crippen molar-refractivity contribution in [1.82, 2.24) is 0 Å². The Morgan fingerprint density at radius 2 is 2.18 bits per heavy atom. The Morgan fingerprint density at radius 3 is 2.76 bits per heavy atom. The van der Waals surface area contributed by atoms with E-state index in [1.54, 1.807) is 6.07 Å². The number of anilines is 1. The normalized spacial score (nSPS) is 10.9. The molecule has 0 saturated carbocycles. The number of nitrogens with two attached hydrogens (primary N) is 1. The summed E-state index contributed by atoms with van der Waals surface area (Å²) < 4.78 is 38.1. The molecule has 0 atom stereocenters. The Morgan fingerprint density at radius 1 is 1.47 bits per heavy atom. The monoisotopic (exact) mass is 257 g/mol. The molecule has 3 N–H and O–H groups in total. The third kappa shape index (κ3) is 4.01. The highest BCUT2D eigenvalue weighted by atomic mass is 32.2. The number of sulfonamides is 1. The fraction of sp³-hybridized carbons (Fsp3) is 0.300. The van der Waals surface area contributed by atoms with E-state index in [0.717, 1.165) is 12.1 Å². The highest BCUT2D eigenvalue weighted by molar-refractivity contribution is 7.92. The number of hydrogen-bond acceptors (Lipinski definition) is 4. The van der Waals surface area contributed by atoms with Crippen molar-refractivity contribution in [2.45, 2.75) is 6.42 Å². The number of halogens is 1. The molecule has 1 aromatic rings. The summed E-state index contributed by atoms with van der Waals surface area (Å²) in [4.78, 5) is 0.